The van der Waals surface area contributed by atoms with Crippen molar-refractivity contribution in [1.82, 2.24) is 0 Å². The SMILES string of the molecule is OC(CCc1ccco1)Cc1cccc(Cl)c1F. The molecule has 1 unspecified atom stereocenters. The first-order valence-corrected chi connectivity index (χ1v) is 6.18. The van der Waals surface area contributed by atoms with Crippen molar-refractivity contribution < 1.29 is 13.9 Å². The second-order valence-electron chi connectivity index (χ2n) is 4.19. The van der Waals surface area contributed by atoms with Gasteiger partial charge in [0.05, 0.1) is 17.4 Å². The van der Waals surface area contributed by atoms with Gasteiger partial charge in [0.25, 0.3) is 0 Å². The van der Waals surface area contributed by atoms with E-state index in [9.17, 15) is 9.50 Å². The molecular weight excluding hydrogens is 255 g/mol. The topological polar surface area (TPSA) is 33.4 Å². The molecule has 0 aliphatic carbocycles. The number of rotatable bonds is 5. The van der Waals surface area contributed by atoms with Gasteiger partial charge in [0, 0.05) is 12.8 Å². The number of aryl methyl sites for hydroxylation is 1. The van der Waals surface area contributed by atoms with Gasteiger partial charge in [-0.2, -0.15) is 0 Å². The van der Waals surface area contributed by atoms with Crippen LogP contribution in [-0.4, -0.2) is 11.2 Å². The van der Waals surface area contributed by atoms with Crippen molar-refractivity contribution in [2.24, 2.45) is 0 Å². The summed E-state index contributed by atoms with van der Waals surface area (Å²) in [7, 11) is 0. The Morgan fingerprint density at radius 1 is 1.28 bits per heavy atom. The highest BCUT2D eigenvalue weighted by Crippen LogP contribution is 2.20. The number of halogens is 2. The van der Waals surface area contributed by atoms with E-state index in [1.165, 1.54) is 6.07 Å². The number of hydrogen-bond donors (Lipinski definition) is 1. The standard InChI is InChI=1S/C14H14ClFO2/c15-13-5-1-3-10(14(13)16)9-11(17)6-7-12-4-2-8-18-12/h1-5,8,11,17H,6-7,9H2. The lowest BCUT2D eigenvalue weighted by atomic mass is 10.0. The molecule has 1 aromatic heterocycles. The largest absolute Gasteiger partial charge is 0.469 e. The Morgan fingerprint density at radius 2 is 2.11 bits per heavy atom. The Labute approximate surface area is 110 Å². The second kappa shape index (κ2) is 6.03. The van der Waals surface area contributed by atoms with Crippen molar-refractivity contribution in [3.05, 3.63) is 58.8 Å². The van der Waals surface area contributed by atoms with Crippen molar-refractivity contribution in [3.63, 3.8) is 0 Å². The van der Waals surface area contributed by atoms with Crippen LogP contribution in [0.25, 0.3) is 0 Å². The third kappa shape index (κ3) is 3.34. The number of hydrogen-bond acceptors (Lipinski definition) is 2. The minimum Gasteiger partial charge on any atom is -0.469 e. The van der Waals surface area contributed by atoms with Gasteiger partial charge in [-0.05, 0) is 30.2 Å². The Hall–Kier alpha value is -1.32. The molecule has 96 valence electrons. The molecule has 4 heteroatoms. The first-order chi connectivity index (χ1) is 8.66. The van der Waals surface area contributed by atoms with Crippen LogP contribution in [0.1, 0.15) is 17.7 Å². The fourth-order valence-electron chi connectivity index (χ4n) is 1.83. The minimum absolute atomic E-state index is 0.0886. The van der Waals surface area contributed by atoms with Crippen LogP contribution in [0.2, 0.25) is 5.02 Å². The van der Waals surface area contributed by atoms with Gasteiger partial charge in [-0.3, -0.25) is 0 Å². The zero-order chi connectivity index (χ0) is 13.0. The van der Waals surface area contributed by atoms with Gasteiger partial charge in [-0.15, -0.1) is 0 Å². The highest BCUT2D eigenvalue weighted by Gasteiger charge is 2.12. The molecule has 2 rings (SSSR count). The molecule has 1 atom stereocenters. The molecule has 1 N–H and O–H groups in total. The highest BCUT2D eigenvalue weighted by molar-refractivity contribution is 6.30. The predicted molar refractivity (Wildman–Crippen MR) is 68.1 cm³/mol. The molecule has 2 aromatic rings. The third-order valence-corrected chi connectivity index (χ3v) is 3.08. The van der Waals surface area contributed by atoms with Crippen LogP contribution in [0.3, 0.4) is 0 Å². The maximum Gasteiger partial charge on any atom is 0.145 e. The predicted octanol–water partition coefficient (Wildman–Crippen LogP) is 3.61. The molecule has 0 spiro atoms. The van der Waals surface area contributed by atoms with Crippen molar-refractivity contribution in [3.8, 4) is 0 Å². The van der Waals surface area contributed by atoms with Gasteiger partial charge >= 0.3 is 0 Å². The molecule has 0 bridgehead atoms. The quantitative estimate of drug-likeness (QED) is 0.899. The number of aliphatic hydroxyl groups excluding tert-OH is 1. The van der Waals surface area contributed by atoms with E-state index in [4.69, 9.17) is 16.0 Å². The maximum atomic E-state index is 13.6. The van der Waals surface area contributed by atoms with E-state index >= 15 is 0 Å². The lowest BCUT2D eigenvalue weighted by Crippen LogP contribution is -2.12. The van der Waals surface area contributed by atoms with Crippen LogP contribution >= 0.6 is 11.6 Å². The fraction of sp³-hybridized carbons (Fsp3) is 0.286. The molecule has 0 amide bonds. The molecule has 0 fully saturated rings. The van der Waals surface area contributed by atoms with Crippen LogP contribution in [0.15, 0.2) is 41.0 Å². The van der Waals surface area contributed by atoms with E-state index in [2.05, 4.69) is 0 Å². The number of benzene rings is 1. The molecule has 0 radical (unpaired) electrons. The molecule has 0 aliphatic heterocycles. The van der Waals surface area contributed by atoms with E-state index in [-0.39, 0.29) is 11.4 Å². The van der Waals surface area contributed by atoms with Crippen LogP contribution in [0.4, 0.5) is 4.39 Å². The zero-order valence-electron chi connectivity index (χ0n) is 9.77. The summed E-state index contributed by atoms with van der Waals surface area (Å²) in [6.45, 7) is 0. The van der Waals surface area contributed by atoms with Crippen LogP contribution in [0, 0.1) is 5.82 Å². The molecule has 1 heterocycles. The Morgan fingerprint density at radius 3 is 2.83 bits per heavy atom. The summed E-state index contributed by atoms with van der Waals surface area (Å²) in [6.07, 6.45) is 2.41. The van der Waals surface area contributed by atoms with E-state index in [1.807, 2.05) is 6.07 Å². The molecule has 0 saturated carbocycles. The third-order valence-electron chi connectivity index (χ3n) is 2.79. The number of aliphatic hydroxyl groups is 1. The van der Waals surface area contributed by atoms with Crippen molar-refractivity contribution >= 4 is 11.6 Å². The first-order valence-electron chi connectivity index (χ1n) is 5.80. The smallest absolute Gasteiger partial charge is 0.145 e. The molecule has 18 heavy (non-hydrogen) atoms. The van der Waals surface area contributed by atoms with Crippen molar-refractivity contribution in [2.45, 2.75) is 25.4 Å². The van der Waals surface area contributed by atoms with Gasteiger partial charge < -0.3 is 9.52 Å². The van der Waals surface area contributed by atoms with E-state index in [1.54, 1.807) is 24.5 Å². The van der Waals surface area contributed by atoms with Gasteiger partial charge in [0.15, 0.2) is 0 Å². The normalized spacial score (nSPS) is 12.6. The summed E-state index contributed by atoms with van der Waals surface area (Å²) in [5, 5.41) is 9.95. The average Bonchev–Trinajstić information content (AvgIpc) is 2.86. The van der Waals surface area contributed by atoms with E-state index in [0.29, 0.717) is 18.4 Å². The summed E-state index contributed by atoms with van der Waals surface area (Å²) in [5.74, 6) is 0.372. The highest BCUT2D eigenvalue weighted by atomic mass is 35.5. The minimum atomic E-state index is -0.608. The second-order valence-corrected chi connectivity index (χ2v) is 4.60. The summed E-state index contributed by atoms with van der Waals surface area (Å²) < 4.78 is 18.8. The maximum absolute atomic E-state index is 13.6. The summed E-state index contributed by atoms with van der Waals surface area (Å²) in [5.41, 5.74) is 0.439. The van der Waals surface area contributed by atoms with E-state index < -0.39 is 11.9 Å². The van der Waals surface area contributed by atoms with Crippen LogP contribution in [-0.2, 0) is 12.8 Å². The molecule has 2 nitrogen and oxygen atoms in total. The average molecular weight is 269 g/mol. The fourth-order valence-corrected chi connectivity index (χ4v) is 2.02. The summed E-state index contributed by atoms with van der Waals surface area (Å²) in [4.78, 5) is 0. The molecule has 1 aromatic carbocycles. The zero-order valence-corrected chi connectivity index (χ0v) is 10.5. The van der Waals surface area contributed by atoms with Gasteiger partial charge in [0.2, 0.25) is 0 Å². The lowest BCUT2D eigenvalue weighted by Gasteiger charge is -2.10. The summed E-state index contributed by atoms with van der Waals surface area (Å²) in [6, 6.07) is 8.47. The lowest BCUT2D eigenvalue weighted by molar-refractivity contribution is 0.161. The van der Waals surface area contributed by atoms with Gasteiger partial charge in [-0.1, -0.05) is 23.7 Å². The number of furan rings is 1. The van der Waals surface area contributed by atoms with Crippen LogP contribution < -0.4 is 0 Å². The Balaban J connectivity index is 1.90. The molecule has 0 aliphatic rings. The molecular formula is C14H14ClFO2. The van der Waals surface area contributed by atoms with Gasteiger partial charge in [-0.25, -0.2) is 4.39 Å². The summed E-state index contributed by atoms with van der Waals surface area (Å²) >= 11 is 5.68. The van der Waals surface area contributed by atoms with Crippen molar-refractivity contribution in [2.75, 3.05) is 0 Å². The van der Waals surface area contributed by atoms with E-state index in [0.717, 1.165) is 5.76 Å². The monoisotopic (exact) mass is 268 g/mol. The van der Waals surface area contributed by atoms with Crippen molar-refractivity contribution in [1.29, 1.82) is 0 Å². The first kappa shape index (κ1) is 13.1. The molecule has 0 saturated heterocycles. The Kier molecular flexibility index (Phi) is 4.39. The van der Waals surface area contributed by atoms with Crippen LogP contribution in [0.5, 0.6) is 0 Å². The Bertz CT molecular complexity index is 497. The van der Waals surface area contributed by atoms with Gasteiger partial charge in [0.1, 0.15) is 11.6 Å².